The average molecular weight is 258 g/mol. The SMILES string of the molecule is OC[C@H]1OC[C@H](Sc2ncccn2)[C@@H](O)[C@H]1O. The lowest BCUT2D eigenvalue weighted by Gasteiger charge is -2.36. The summed E-state index contributed by atoms with van der Waals surface area (Å²) < 4.78 is 5.26. The van der Waals surface area contributed by atoms with Gasteiger partial charge in [-0.25, -0.2) is 9.97 Å². The minimum absolute atomic E-state index is 0.242. The fourth-order valence-corrected chi connectivity index (χ4v) is 2.56. The van der Waals surface area contributed by atoms with Gasteiger partial charge in [0.1, 0.15) is 12.2 Å². The highest BCUT2D eigenvalue weighted by atomic mass is 32.2. The maximum absolute atomic E-state index is 9.88. The molecule has 0 bridgehead atoms. The molecule has 0 unspecified atom stereocenters. The number of rotatable bonds is 3. The van der Waals surface area contributed by atoms with Gasteiger partial charge in [-0.3, -0.25) is 0 Å². The minimum atomic E-state index is -1.09. The summed E-state index contributed by atoms with van der Waals surface area (Å²) in [6.07, 6.45) is 0.444. The van der Waals surface area contributed by atoms with Crippen LogP contribution in [0.3, 0.4) is 0 Å². The van der Waals surface area contributed by atoms with Crippen LogP contribution >= 0.6 is 11.8 Å². The number of aliphatic hydroxyl groups is 3. The second kappa shape index (κ2) is 5.74. The highest BCUT2D eigenvalue weighted by molar-refractivity contribution is 7.99. The topological polar surface area (TPSA) is 95.7 Å². The van der Waals surface area contributed by atoms with Crippen LogP contribution in [0.5, 0.6) is 0 Å². The first-order chi connectivity index (χ1) is 8.22. The third-order valence-electron chi connectivity index (χ3n) is 2.57. The van der Waals surface area contributed by atoms with Crippen LogP contribution in [0.2, 0.25) is 0 Å². The van der Waals surface area contributed by atoms with E-state index in [2.05, 4.69) is 9.97 Å². The van der Waals surface area contributed by atoms with Gasteiger partial charge in [0.2, 0.25) is 0 Å². The van der Waals surface area contributed by atoms with Crippen LogP contribution in [-0.2, 0) is 4.74 Å². The van der Waals surface area contributed by atoms with E-state index in [1.54, 1.807) is 18.5 Å². The molecule has 2 rings (SSSR count). The van der Waals surface area contributed by atoms with Gasteiger partial charge in [-0.05, 0) is 6.07 Å². The Balaban J connectivity index is 1.99. The zero-order valence-electron chi connectivity index (χ0n) is 9.01. The standard InChI is InChI=1S/C10H14N2O4S/c13-4-6-8(14)9(15)7(5-16-6)17-10-11-2-1-3-12-10/h1-3,6-9,13-15H,4-5H2/t6-,7+,8+,9-/m1/s1. The largest absolute Gasteiger partial charge is 0.394 e. The number of nitrogens with zero attached hydrogens (tertiary/aromatic N) is 2. The van der Waals surface area contributed by atoms with Crippen LogP contribution in [0.1, 0.15) is 0 Å². The van der Waals surface area contributed by atoms with Crippen molar-refractivity contribution < 1.29 is 20.1 Å². The molecule has 94 valence electrons. The van der Waals surface area contributed by atoms with Crippen LogP contribution in [0.4, 0.5) is 0 Å². The van der Waals surface area contributed by atoms with E-state index in [0.29, 0.717) is 5.16 Å². The molecule has 0 radical (unpaired) electrons. The predicted molar refractivity (Wildman–Crippen MR) is 60.5 cm³/mol. The van der Waals surface area contributed by atoms with Crippen LogP contribution in [-0.4, -0.2) is 62.1 Å². The first kappa shape index (κ1) is 12.7. The molecule has 4 atom stereocenters. The number of thioether (sulfide) groups is 1. The summed E-state index contributed by atoms with van der Waals surface area (Å²) in [5.41, 5.74) is 0. The molecule has 6 nitrogen and oxygen atoms in total. The minimum Gasteiger partial charge on any atom is -0.394 e. The Bertz CT molecular complexity index is 353. The van der Waals surface area contributed by atoms with Crippen molar-refractivity contribution in [2.75, 3.05) is 13.2 Å². The Morgan fingerprint density at radius 3 is 2.65 bits per heavy atom. The van der Waals surface area contributed by atoms with Crippen LogP contribution < -0.4 is 0 Å². The summed E-state index contributed by atoms with van der Waals surface area (Å²) in [5.74, 6) is 0. The summed E-state index contributed by atoms with van der Waals surface area (Å²) in [4.78, 5) is 8.05. The molecule has 1 aromatic heterocycles. The van der Waals surface area contributed by atoms with Crippen LogP contribution in [0.15, 0.2) is 23.6 Å². The van der Waals surface area contributed by atoms with E-state index in [1.807, 2.05) is 0 Å². The van der Waals surface area contributed by atoms with Gasteiger partial charge in [-0.15, -0.1) is 0 Å². The molecule has 2 heterocycles. The van der Waals surface area contributed by atoms with Crippen molar-refractivity contribution in [3.8, 4) is 0 Å². The summed E-state index contributed by atoms with van der Waals surface area (Å²) >= 11 is 1.25. The van der Waals surface area contributed by atoms with Gasteiger partial charge < -0.3 is 20.1 Å². The van der Waals surface area contributed by atoms with Gasteiger partial charge in [0.05, 0.1) is 24.6 Å². The van der Waals surface area contributed by atoms with Crippen molar-refractivity contribution in [2.24, 2.45) is 0 Å². The lowest BCUT2D eigenvalue weighted by atomic mass is 10.0. The van der Waals surface area contributed by atoms with Gasteiger partial charge >= 0.3 is 0 Å². The second-order valence-electron chi connectivity index (χ2n) is 3.72. The van der Waals surface area contributed by atoms with Gasteiger partial charge in [0, 0.05) is 12.4 Å². The Kier molecular flexibility index (Phi) is 4.30. The van der Waals surface area contributed by atoms with Crippen molar-refractivity contribution in [1.82, 2.24) is 9.97 Å². The second-order valence-corrected chi connectivity index (χ2v) is 4.93. The monoisotopic (exact) mass is 258 g/mol. The lowest BCUT2D eigenvalue weighted by Crippen LogP contribution is -2.52. The molecule has 0 spiro atoms. The third-order valence-corrected chi connectivity index (χ3v) is 3.70. The maximum Gasteiger partial charge on any atom is 0.187 e. The number of aromatic nitrogens is 2. The molecule has 3 N–H and O–H groups in total. The Labute approximate surface area is 103 Å². The summed E-state index contributed by atoms with van der Waals surface area (Å²) in [7, 11) is 0. The summed E-state index contributed by atoms with van der Waals surface area (Å²) in [6.45, 7) is -0.0657. The zero-order valence-corrected chi connectivity index (χ0v) is 9.82. The molecule has 0 amide bonds. The van der Waals surface area contributed by atoms with E-state index >= 15 is 0 Å². The van der Waals surface area contributed by atoms with Crippen molar-refractivity contribution in [2.45, 2.75) is 28.7 Å². The summed E-state index contributed by atoms with van der Waals surface area (Å²) in [5, 5.41) is 28.7. The van der Waals surface area contributed by atoms with Gasteiger partial charge in [-0.1, -0.05) is 11.8 Å². The number of aliphatic hydroxyl groups excluding tert-OH is 3. The van der Waals surface area contributed by atoms with Crippen molar-refractivity contribution in [3.63, 3.8) is 0 Å². The Morgan fingerprint density at radius 1 is 1.29 bits per heavy atom. The Hall–Kier alpha value is -0.730. The molecule has 0 saturated carbocycles. The lowest BCUT2D eigenvalue weighted by molar-refractivity contribution is -0.143. The van der Waals surface area contributed by atoms with E-state index in [0.717, 1.165) is 0 Å². The number of hydrogen-bond acceptors (Lipinski definition) is 7. The third kappa shape index (κ3) is 2.93. The smallest absolute Gasteiger partial charge is 0.187 e. The molecule has 1 aliphatic rings. The van der Waals surface area contributed by atoms with E-state index < -0.39 is 18.3 Å². The highest BCUT2D eigenvalue weighted by Crippen LogP contribution is 2.28. The Morgan fingerprint density at radius 2 is 2.00 bits per heavy atom. The number of ether oxygens (including phenoxy) is 1. The maximum atomic E-state index is 9.88. The van der Waals surface area contributed by atoms with Crippen LogP contribution in [0.25, 0.3) is 0 Å². The molecular weight excluding hydrogens is 244 g/mol. The van der Waals surface area contributed by atoms with Crippen molar-refractivity contribution >= 4 is 11.8 Å². The van der Waals surface area contributed by atoms with Gasteiger partial charge in [0.15, 0.2) is 5.16 Å². The van der Waals surface area contributed by atoms with Crippen LogP contribution in [0, 0.1) is 0 Å². The number of hydrogen-bond donors (Lipinski definition) is 3. The molecule has 1 saturated heterocycles. The summed E-state index contributed by atoms with van der Waals surface area (Å²) in [6, 6.07) is 1.70. The van der Waals surface area contributed by atoms with E-state index in [4.69, 9.17) is 9.84 Å². The molecule has 1 fully saturated rings. The molecule has 0 aliphatic carbocycles. The highest BCUT2D eigenvalue weighted by Gasteiger charge is 2.38. The first-order valence-electron chi connectivity index (χ1n) is 5.24. The van der Waals surface area contributed by atoms with Crippen molar-refractivity contribution in [3.05, 3.63) is 18.5 Å². The molecule has 17 heavy (non-hydrogen) atoms. The molecule has 0 aromatic carbocycles. The normalized spacial score (nSPS) is 33.6. The predicted octanol–water partition coefficient (Wildman–Crippen LogP) is -0.950. The first-order valence-corrected chi connectivity index (χ1v) is 6.12. The molecule has 7 heteroatoms. The fraction of sp³-hybridized carbons (Fsp3) is 0.600. The quantitative estimate of drug-likeness (QED) is 0.602. The molecular formula is C10H14N2O4S. The molecule has 1 aromatic rings. The van der Waals surface area contributed by atoms with E-state index in [9.17, 15) is 10.2 Å². The van der Waals surface area contributed by atoms with E-state index in [-0.39, 0.29) is 18.5 Å². The van der Waals surface area contributed by atoms with Crippen molar-refractivity contribution in [1.29, 1.82) is 0 Å². The average Bonchev–Trinajstić information content (AvgIpc) is 2.37. The molecule has 1 aliphatic heterocycles. The van der Waals surface area contributed by atoms with E-state index in [1.165, 1.54) is 11.8 Å². The fourth-order valence-electron chi connectivity index (χ4n) is 1.60. The van der Waals surface area contributed by atoms with Gasteiger partial charge in [-0.2, -0.15) is 0 Å². The van der Waals surface area contributed by atoms with Gasteiger partial charge in [0.25, 0.3) is 0 Å². The zero-order chi connectivity index (χ0) is 12.3.